The number of rotatable bonds is 3. The molecule has 0 aliphatic carbocycles. The highest BCUT2D eigenvalue weighted by atomic mass is 32.1. The summed E-state index contributed by atoms with van der Waals surface area (Å²) in [4.78, 5) is 15.9. The van der Waals surface area contributed by atoms with E-state index in [-0.39, 0.29) is 5.92 Å². The normalized spacial score (nSPS) is 17.8. The van der Waals surface area contributed by atoms with E-state index in [0.717, 1.165) is 57.9 Å². The van der Waals surface area contributed by atoms with Crippen LogP contribution in [0.4, 0.5) is 16.1 Å². The summed E-state index contributed by atoms with van der Waals surface area (Å²) < 4.78 is 1.03. The molecule has 0 bridgehead atoms. The third-order valence-corrected chi connectivity index (χ3v) is 6.03. The van der Waals surface area contributed by atoms with Crippen molar-refractivity contribution in [3.05, 3.63) is 23.3 Å². The van der Waals surface area contributed by atoms with Gasteiger partial charge < -0.3 is 10.2 Å². The number of nitrogens with one attached hydrogen (secondary N) is 1. The highest BCUT2D eigenvalue weighted by Crippen LogP contribution is 2.35. The van der Waals surface area contributed by atoms with Crippen LogP contribution in [0, 0.1) is 24.2 Å². The second-order valence-corrected chi connectivity index (χ2v) is 7.67. The van der Waals surface area contributed by atoms with Crippen LogP contribution in [0.25, 0.3) is 10.2 Å². The monoisotopic (exact) mass is 356 g/mol. The zero-order valence-electron chi connectivity index (χ0n) is 13.2. The largest absolute Gasteiger partial charge is 0.347 e. The highest BCUT2D eigenvalue weighted by Gasteiger charge is 2.22. The maximum absolute atomic E-state index is 9.19. The summed E-state index contributed by atoms with van der Waals surface area (Å²) in [5, 5.41) is 16.3. The van der Waals surface area contributed by atoms with Gasteiger partial charge in [-0.2, -0.15) is 5.26 Å². The number of hydrogen-bond acceptors (Lipinski definition) is 8. The first-order valence-corrected chi connectivity index (χ1v) is 9.52. The minimum absolute atomic E-state index is 0.0970. The van der Waals surface area contributed by atoms with Crippen molar-refractivity contribution < 1.29 is 0 Å². The molecule has 3 aromatic heterocycles. The number of piperidine rings is 1. The van der Waals surface area contributed by atoms with Crippen molar-refractivity contribution >= 4 is 49.0 Å². The van der Waals surface area contributed by atoms with Crippen molar-refractivity contribution in [1.29, 1.82) is 5.26 Å². The van der Waals surface area contributed by atoms with Crippen LogP contribution in [0.2, 0.25) is 0 Å². The van der Waals surface area contributed by atoms with Gasteiger partial charge in [0.05, 0.1) is 27.9 Å². The Balaban J connectivity index is 1.65. The molecule has 122 valence electrons. The molecule has 6 nitrogen and oxygen atoms in total. The first-order chi connectivity index (χ1) is 11.7. The first-order valence-electron chi connectivity index (χ1n) is 7.82. The maximum Gasteiger partial charge on any atom is 0.188 e. The molecule has 1 saturated heterocycles. The Morgan fingerprint density at radius 1 is 1.42 bits per heavy atom. The average Bonchev–Trinajstić information content (AvgIpc) is 3.22. The standard InChI is InChI=1S/C16H16N6S2/c1-10-9-23-15(19-10)21-14-13-12(4-5-18-14)20-16(24-13)22-6-2-3-11(7-17)8-22/h4-5,9,11H,2-3,6,8H2,1H3,(H,18,19,21). The molecule has 0 saturated carbocycles. The molecule has 3 aromatic rings. The van der Waals surface area contributed by atoms with Crippen LogP contribution in [-0.4, -0.2) is 28.0 Å². The Morgan fingerprint density at radius 3 is 3.12 bits per heavy atom. The van der Waals surface area contributed by atoms with Gasteiger partial charge in [0.1, 0.15) is 0 Å². The molecule has 8 heteroatoms. The Labute approximate surface area is 147 Å². The lowest BCUT2D eigenvalue weighted by Crippen LogP contribution is -2.34. The van der Waals surface area contributed by atoms with Crippen molar-refractivity contribution in [2.75, 3.05) is 23.3 Å². The lowest BCUT2D eigenvalue weighted by atomic mass is 10.0. The van der Waals surface area contributed by atoms with Crippen molar-refractivity contribution in [2.45, 2.75) is 19.8 Å². The van der Waals surface area contributed by atoms with E-state index in [2.05, 4.69) is 26.3 Å². The lowest BCUT2D eigenvalue weighted by molar-refractivity contribution is 0.493. The summed E-state index contributed by atoms with van der Waals surface area (Å²) in [6, 6.07) is 4.32. The maximum atomic E-state index is 9.19. The Morgan fingerprint density at radius 2 is 2.33 bits per heavy atom. The van der Waals surface area contributed by atoms with E-state index in [4.69, 9.17) is 4.98 Å². The number of hydrogen-bond donors (Lipinski definition) is 1. The van der Waals surface area contributed by atoms with Gasteiger partial charge in [-0.25, -0.2) is 15.0 Å². The molecule has 1 fully saturated rings. The second-order valence-electron chi connectivity index (χ2n) is 5.84. The van der Waals surface area contributed by atoms with E-state index < -0.39 is 0 Å². The fraction of sp³-hybridized carbons (Fsp3) is 0.375. The zero-order valence-corrected chi connectivity index (χ0v) is 14.8. The number of anilines is 3. The summed E-state index contributed by atoms with van der Waals surface area (Å²) in [7, 11) is 0. The van der Waals surface area contributed by atoms with Gasteiger partial charge in [-0.05, 0) is 25.8 Å². The third-order valence-electron chi connectivity index (χ3n) is 4.01. The molecule has 4 rings (SSSR count). The van der Waals surface area contributed by atoms with E-state index in [0.29, 0.717) is 0 Å². The van der Waals surface area contributed by atoms with Gasteiger partial charge in [-0.1, -0.05) is 11.3 Å². The van der Waals surface area contributed by atoms with Gasteiger partial charge in [0.2, 0.25) is 0 Å². The van der Waals surface area contributed by atoms with E-state index in [1.165, 1.54) is 0 Å². The summed E-state index contributed by atoms with van der Waals surface area (Å²) >= 11 is 3.19. The van der Waals surface area contributed by atoms with Crippen LogP contribution >= 0.6 is 22.7 Å². The van der Waals surface area contributed by atoms with E-state index in [1.54, 1.807) is 28.9 Å². The number of pyridine rings is 1. The number of thiazole rings is 2. The molecule has 0 spiro atoms. The third kappa shape index (κ3) is 2.92. The Bertz CT molecular complexity index is 909. The van der Waals surface area contributed by atoms with E-state index >= 15 is 0 Å². The van der Waals surface area contributed by atoms with Crippen LogP contribution in [-0.2, 0) is 0 Å². The fourth-order valence-electron chi connectivity index (χ4n) is 2.84. The van der Waals surface area contributed by atoms with Crippen LogP contribution in [0.15, 0.2) is 17.6 Å². The van der Waals surface area contributed by atoms with Gasteiger partial charge >= 0.3 is 0 Å². The van der Waals surface area contributed by atoms with Crippen LogP contribution in [0.1, 0.15) is 18.5 Å². The quantitative estimate of drug-likeness (QED) is 0.766. The van der Waals surface area contributed by atoms with Crippen molar-refractivity contribution in [3.63, 3.8) is 0 Å². The van der Waals surface area contributed by atoms with E-state index in [1.807, 2.05) is 18.4 Å². The second kappa shape index (κ2) is 6.34. The molecule has 1 atom stereocenters. The number of nitrogens with zero attached hydrogens (tertiary/aromatic N) is 5. The SMILES string of the molecule is Cc1csc(Nc2nccc3nc(N4CCCC(C#N)C4)sc23)n1. The van der Waals surface area contributed by atoms with Crippen molar-refractivity contribution in [3.8, 4) is 6.07 Å². The smallest absolute Gasteiger partial charge is 0.188 e. The average molecular weight is 356 g/mol. The topological polar surface area (TPSA) is 77.7 Å². The predicted octanol–water partition coefficient (Wildman–Crippen LogP) is 3.94. The summed E-state index contributed by atoms with van der Waals surface area (Å²) in [6.07, 6.45) is 3.79. The van der Waals surface area contributed by atoms with Gasteiger partial charge in [0.15, 0.2) is 16.1 Å². The molecule has 1 N–H and O–H groups in total. The number of aryl methyl sites for hydroxylation is 1. The molecule has 1 aliphatic rings. The van der Waals surface area contributed by atoms with Crippen LogP contribution in [0.5, 0.6) is 0 Å². The predicted molar refractivity (Wildman–Crippen MR) is 98.1 cm³/mol. The summed E-state index contributed by atoms with van der Waals surface area (Å²) in [5.41, 5.74) is 1.93. The zero-order chi connectivity index (χ0) is 16.5. The first kappa shape index (κ1) is 15.3. The molecule has 0 radical (unpaired) electrons. The van der Waals surface area contributed by atoms with Gasteiger partial charge in [-0.3, -0.25) is 0 Å². The summed E-state index contributed by atoms with van der Waals surface area (Å²) in [5.74, 6) is 0.888. The van der Waals surface area contributed by atoms with Crippen molar-refractivity contribution in [1.82, 2.24) is 15.0 Å². The molecule has 0 amide bonds. The molecule has 24 heavy (non-hydrogen) atoms. The van der Waals surface area contributed by atoms with Crippen LogP contribution in [0.3, 0.4) is 0 Å². The molecule has 1 aliphatic heterocycles. The van der Waals surface area contributed by atoms with Crippen LogP contribution < -0.4 is 10.2 Å². The van der Waals surface area contributed by atoms with Gasteiger partial charge in [0, 0.05) is 24.7 Å². The Kier molecular flexibility index (Phi) is 4.04. The minimum Gasteiger partial charge on any atom is -0.347 e. The summed E-state index contributed by atoms with van der Waals surface area (Å²) in [6.45, 7) is 3.69. The molecular weight excluding hydrogens is 340 g/mol. The lowest BCUT2D eigenvalue weighted by Gasteiger charge is -2.28. The molecule has 0 aromatic carbocycles. The van der Waals surface area contributed by atoms with Gasteiger partial charge in [0.25, 0.3) is 0 Å². The molecular formula is C16H16N6S2. The van der Waals surface area contributed by atoms with Crippen molar-refractivity contribution in [2.24, 2.45) is 5.92 Å². The number of fused-ring (bicyclic) bond motifs is 1. The minimum atomic E-state index is 0.0970. The van der Waals surface area contributed by atoms with Gasteiger partial charge in [-0.15, -0.1) is 11.3 Å². The Hall–Kier alpha value is -2.24. The molecule has 1 unspecified atom stereocenters. The number of nitriles is 1. The highest BCUT2D eigenvalue weighted by molar-refractivity contribution is 7.22. The number of aromatic nitrogens is 3. The molecule has 4 heterocycles. The fourth-order valence-corrected chi connectivity index (χ4v) is 4.56. The van der Waals surface area contributed by atoms with E-state index in [9.17, 15) is 5.26 Å².